The molecule has 1 aliphatic heterocycles. The van der Waals surface area contributed by atoms with Crippen LogP contribution in [-0.4, -0.2) is 35.4 Å². The number of ether oxygens (including phenoxy) is 1. The molecule has 1 aromatic heterocycles. The normalized spacial score (nSPS) is 17.7. The molecular formula is C18H22F2N4O2. The maximum atomic E-state index is 13.1. The summed E-state index contributed by atoms with van der Waals surface area (Å²) >= 11 is 0. The molecule has 0 aliphatic carbocycles. The van der Waals surface area contributed by atoms with E-state index in [0.29, 0.717) is 12.8 Å². The largest absolute Gasteiger partial charge is 0.435 e. The Kier molecular flexibility index (Phi) is 5.51. The van der Waals surface area contributed by atoms with E-state index in [4.69, 9.17) is 0 Å². The van der Waals surface area contributed by atoms with E-state index in [1.807, 2.05) is 19.2 Å². The Balaban J connectivity index is 1.73. The number of rotatable bonds is 6. The summed E-state index contributed by atoms with van der Waals surface area (Å²) in [5, 5.41) is 10.6. The number of piperidine rings is 1. The lowest BCUT2D eigenvalue weighted by atomic mass is 9.87. The minimum Gasteiger partial charge on any atom is -0.435 e. The predicted molar refractivity (Wildman–Crippen MR) is 91.9 cm³/mol. The van der Waals surface area contributed by atoms with Gasteiger partial charge in [0, 0.05) is 12.4 Å². The molecule has 3 rings (SSSR count). The van der Waals surface area contributed by atoms with Gasteiger partial charge in [0.15, 0.2) is 0 Å². The van der Waals surface area contributed by atoms with Gasteiger partial charge < -0.3 is 15.4 Å². The summed E-state index contributed by atoms with van der Waals surface area (Å²) in [7, 11) is 0. The van der Waals surface area contributed by atoms with Crippen molar-refractivity contribution >= 4 is 5.91 Å². The first-order valence-corrected chi connectivity index (χ1v) is 8.58. The van der Waals surface area contributed by atoms with Crippen molar-refractivity contribution in [2.75, 3.05) is 13.1 Å². The van der Waals surface area contributed by atoms with Crippen LogP contribution in [-0.2, 0) is 10.3 Å². The Morgan fingerprint density at radius 1 is 1.31 bits per heavy atom. The lowest BCUT2D eigenvalue weighted by Crippen LogP contribution is -2.55. The molecule has 1 unspecified atom stereocenters. The van der Waals surface area contributed by atoms with Crippen molar-refractivity contribution in [1.29, 1.82) is 0 Å². The van der Waals surface area contributed by atoms with Gasteiger partial charge in [-0.3, -0.25) is 9.48 Å². The highest BCUT2D eigenvalue weighted by Crippen LogP contribution is 2.28. The monoisotopic (exact) mass is 364 g/mol. The molecule has 1 aromatic carbocycles. The summed E-state index contributed by atoms with van der Waals surface area (Å²) in [5.74, 6) is -0.00301. The minimum atomic E-state index is -2.85. The Morgan fingerprint density at radius 3 is 2.58 bits per heavy atom. The molecule has 2 aromatic rings. The number of aromatic nitrogens is 2. The number of carbonyl (C=O) groups is 1. The van der Waals surface area contributed by atoms with Crippen LogP contribution in [0.25, 0.3) is 0 Å². The topological polar surface area (TPSA) is 68.2 Å². The molecule has 1 amide bonds. The maximum absolute atomic E-state index is 13.1. The number of alkyl halides is 2. The highest BCUT2D eigenvalue weighted by Gasteiger charge is 2.42. The molecule has 2 heterocycles. The molecule has 140 valence electrons. The number of amides is 1. The first-order valence-electron chi connectivity index (χ1n) is 8.58. The first-order chi connectivity index (χ1) is 12.5. The van der Waals surface area contributed by atoms with E-state index in [9.17, 15) is 13.6 Å². The molecule has 1 aliphatic rings. The molecule has 26 heavy (non-hydrogen) atoms. The maximum Gasteiger partial charge on any atom is 0.387 e. The van der Waals surface area contributed by atoms with Crippen molar-refractivity contribution in [3.8, 4) is 5.75 Å². The lowest BCUT2D eigenvalue weighted by Gasteiger charge is -2.37. The Hall–Kier alpha value is -2.48. The SMILES string of the molecule is CC(NC(=O)C1(n2cccn2)CCNCC1)c1ccc(OC(F)F)cc1. The van der Waals surface area contributed by atoms with Gasteiger partial charge in [-0.05, 0) is 56.6 Å². The number of halogens is 2. The second kappa shape index (κ2) is 7.82. The number of carbonyl (C=O) groups excluding carboxylic acids is 1. The molecule has 0 spiro atoms. The fourth-order valence-electron chi connectivity index (χ4n) is 3.27. The van der Waals surface area contributed by atoms with E-state index in [0.717, 1.165) is 18.7 Å². The summed E-state index contributed by atoms with van der Waals surface area (Å²) in [6.45, 7) is 0.480. The summed E-state index contributed by atoms with van der Waals surface area (Å²) in [6, 6.07) is 7.82. The number of hydrogen-bond donors (Lipinski definition) is 2. The van der Waals surface area contributed by atoms with Crippen molar-refractivity contribution in [2.24, 2.45) is 0 Å². The molecule has 6 nitrogen and oxygen atoms in total. The van der Waals surface area contributed by atoms with Crippen LogP contribution in [0, 0.1) is 0 Å². The average molecular weight is 364 g/mol. The molecule has 2 N–H and O–H groups in total. The van der Waals surface area contributed by atoms with Gasteiger partial charge in [-0.1, -0.05) is 12.1 Å². The van der Waals surface area contributed by atoms with Gasteiger partial charge in [-0.15, -0.1) is 0 Å². The summed E-state index contributed by atoms with van der Waals surface area (Å²) < 4.78 is 30.6. The van der Waals surface area contributed by atoms with E-state index in [2.05, 4.69) is 20.5 Å². The smallest absolute Gasteiger partial charge is 0.387 e. The summed E-state index contributed by atoms with van der Waals surface area (Å²) in [6.07, 6.45) is 4.77. The van der Waals surface area contributed by atoms with E-state index < -0.39 is 12.2 Å². The Labute approximate surface area is 150 Å². The van der Waals surface area contributed by atoms with Crippen LogP contribution in [0.15, 0.2) is 42.7 Å². The third kappa shape index (κ3) is 3.85. The zero-order valence-corrected chi connectivity index (χ0v) is 14.5. The fraction of sp³-hybridized carbons (Fsp3) is 0.444. The molecule has 0 saturated carbocycles. The average Bonchev–Trinajstić information content (AvgIpc) is 3.17. The van der Waals surface area contributed by atoms with Crippen LogP contribution in [0.2, 0.25) is 0 Å². The second-order valence-corrected chi connectivity index (χ2v) is 6.37. The number of benzene rings is 1. The van der Waals surface area contributed by atoms with Crippen molar-refractivity contribution in [2.45, 2.75) is 38.0 Å². The number of hydrogen-bond acceptors (Lipinski definition) is 4. The standard InChI is InChI=1S/C18H22F2N4O2/c1-13(14-3-5-15(6-4-14)26-17(19)20)23-16(25)18(7-10-21-11-8-18)24-12-2-9-22-24/h2-6,9,12-13,17,21H,7-8,10-11H2,1H3,(H,23,25). The molecule has 1 atom stereocenters. The third-order valence-corrected chi connectivity index (χ3v) is 4.75. The molecule has 1 fully saturated rings. The van der Waals surface area contributed by atoms with E-state index in [1.54, 1.807) is 23.0 Å². The van der Waals surface area contributed by atoms with Gasteiger partial charge in [0.1, 0.15) is 11.3 Å². The zero-order chi connectivity index (χ0) is 18.6. The van der Waals surface area contributed by atoms with Crippen LogP contribution < -0.4 is 15.4 Å². The third-order valence-electron chi connectivity index (χ3n) is 4.75. The van der Waals surface area contributed by atoms with Crippen LogP contribution in [0.3, 0.4) is 0 Å². The summed E-state index contributed by atoms with van der Waals surface area (Å²) in [5.41, 5.74) is 0.0892. The minimum absolute atomic E-state index is 0.0913. The Morgan fingerprint density at radius 2 is 2.00 bits per heavy atom. The van der Waals surface area contributed by atoms with Gasteiger partial charge in [0.25, 0.3) is 0 Å². The van der Waals surface area contributed by atoms with Crippen molar-refractivity contribution < 1.29 is 18.3 Å². The molecule has 0 radical (unpaired) electrons. The molecular weight excluding hydrogens is 342 g/mol. The van der Waals surface area contributed by atoms with Gasteiger partial charge in [-0.25, -0.2) is 0 Å². The molecule has 1 saturated heterocycles. The van der Waals surface area contributed by atoms with Gasteiger partial charge >= 0.3 is 6.61 Å². The zero-order valence-electron chi connectivity index (χ0n) is 14.5. The van der Waals surface area contributed by atoms with Crippen LogP contribution >= 0.6 is 0 Å². The Bertz CT molecular complexity index is 713. The van der Waals surface area contributed by atoms with Gasteiger partial charge in [0.2, 0.25) is 5.91 Å². The molecule has 8 heteroatoms. The fourth-order valence-corrected chi connectivity index (χ4v) is 3.27. The van der Waals surface area contributed by atoms with Gasteiger partial charge in [0.05, 0.1) is 6.04 Å². The second-order valence-electron chi connectivity index (χ2n) is 6.37. The number of nitrogens with zero attached hydrogens (tertiary/aromatic N) is 2. The first kappa shape index (κ1) is 18.3. The highest BCUT2D eigenvalue weighted by molar-refractivity contribution is 5.85. The summed E-state index contributed by atoms with van der Waals surface area (Å²) in [4.78, 5) is 13.1. The van der Waals surface area contributed by atoms with Gasteiger partial charge in [-0.2, -0.15) is 13.9 Å². The van der Waals surface area contributed by atoms with Crippen molar-refractivity contribution in [3.05, 3.63) is 48.3 Å². The lowest BCUT2D eigenvalue weighted by molar-refractivity contribution is -0.132. The van der Waals surface area contributed by atoms with Crippen LogP contribution in [0.5, 0.6) is 5.75 Å². The van der Waals surface area contributed by atoms with E-state index in [-0.39, 0.29) is 17.7 Å². The van der Waals surface area contributed by atoms with Crippen molar-refractivity contribution in [1.82, 2.24) is 20.4 Å². The van der Waals surface area contributed by atoms with Crippen molar-refractivity contribution in [3.63, 3.8) is 0 Å². The predicted octanol–water partition coefficient (Wildman–Crippen LogP) is 2.44. The number of nitrogens with one attached hydrogen (secondary N) is 2. The van der Waals surface area contributed by atoms with Crippen LogP contribution in [0.1, 0.15) is 31.4 Å². The van der Waals surface area contributed by atoms with E-state index >= 15 is 0 Å². The quantitative estimate of drug-likeness (QED) is 0.826. The van der Waals surface area contributed by atoms with E-state index in [1.165, 1.54) is 12.1 Å². The van der Waals surface area contributed by atoms with Crippen LogP contribution in [0.4, 0.5) is 8.78 Å². The molecule has 0 bridgehead atoms. The highest BCUT2D eigenvalue weighted by atomic mass is 19.3.